The first-order valence-corrected chi connectivity index (χ1v) is 5.99. The van der Waals surface area contributed by atoms with E-state index >= 15 is 0 Å². The highest BCUT2D eigenvalue weighted by Crippen LogP contribution is 2.22. The number of rotatable bonds is 5. The number of hydrogen-bond acceptors (Lipinski definition) is 3. The Bertz CT molecular complexity index is 465. The molecule has 0 unspecified atom stereocenters. The van der Waals surface area contributed by atoms with Gasteiger partial charge in [0.05, 0.1) is 11.4 Å². The molecule has 2 rings (SSSR count). The van der Waals surface area contributed by atoms with Crippen LogP contribution in [-0.4, -0.2) is 22.6 Å². The third-order valence-electron chi connectivity index (χ3n) is 2.21. The van der Waals surface area contributed by atoms with Gasteiger partial charge in [-0.2, -0.15) is 0 Å². The Hall–Kier alpha value is -1.57. The third-order valence-corrected chi connectivity index (χ3v) is 3.08. The molecule has 0 radical (unpaired) electrons. The van der Waals surface area contributed by atoms with Crippen molar-refractivity contribution in [3.05, 3.63) is 29.9 Å². The highest BCUT2D eigenvalue weighted by molar-refractivity contribution is 7.13. The fourth-order valence-corrected chi connectivity index (χ4v) is 2.22. The van der Waals surface area contributed by atoms with Crippen molar-refractivity contribution < 1.29 is 0 Å². The highest BCUT2D eigenvalue weighted by atomic mass is 32.1. The quantitative estimate of drug-likeness (QED) is 0.628. The van der Waals surface area contributed by atoms with Crippen LogP contribution in [0.5, 0.6) is 0 Å². The van der Waals surface area contributed by atoms with Crippen LogP contribution in [0, 0.1) is 12.3 Å². The van der Waals surface area contributed by atoms with Gasteiger partial charge in [0.1, 0.15) is 5.82 Å². The number of terminal acetylenes is 1. The summed E-state index contributed by atoms with van der Waals surface area (Å²) in [5.41, 5.74) is 0. The molecule has 0 saturated carbocycles. The molecule has 2 aromatic heterocycles. The van der Waals surface area contributed by atoms with Crippen LogP contribution in [0.25, 0.3) is 10.7 Å². The molecule has 16 heavy (non-hydrogen) atoms. The summed E-state index contributed by atoms with van der Waals surface area (Å²) in [7, 11) is 0. The van der Waals surface area contributed by atoms with Gasteiger partial charge in [0, 0.05) is 25.5 Å². The molecule has 0 bridgehead atoms. The molecule has 0 spiro atoms. The third kappa shape index (κ3) is 2.51. The summed E-state index contributed by atoms with van der Waals surface area (Å²) >= 11 is 1.70. The minimum absolute atomic E-state index is 0.614. The van der Waals surface area contributed by atoms with Crippen molar-refractivity contribution in [3.8, 4) is 23.0 Å². The number of nitrogens with zero attached hydrogens (tertiary/aromatic N) is 2. The van der Waals surface area contributed by atoms with Gasteiger partial charge in [-0.1, -0.05) is 12.0 Å². The van der Waals surface area contributed by atoms with Crippen LogP contribution in [0.15, 0.2) is 29.9 Å². The van der Waals surface area contributed by atoms with E-state index in [0.29, 0.717) is 6.54 Å². The lowest BCUT2D eigenvalue weighted by Gasteiger charge is -2.06. The van der Waals surface area contributed by atoms with Crippen molar-refractivity contribution in [2.45, 2.75) is 6.54 Å². The predicted octanol–water partition coefficient (Wildman–Crippen LogP) is 1.83. The van der Waals surface area contributed by atoms with Gasteiger partial charge in [-0.05, 0) is 11.4 Å². The van der Waals surface area contributed by atoms with E-state index in [1.165, 1.54) is 4.88 Å². The molecule has 2 aromatic rings. The Morgan fingerprint density at radius 1 is 1.56 bits per heavy atom. The Balaban J connectivity index is 2.00. The normalized spacial score (nSPS) is 10.2. The van der Waals surface area contributed by atoms with Crippen molar-refractivity contribution >= 4 is 11.3 Å². The van der Waals surface area contributed by atoms with Crippen molar-refractivity contribution in [1.82, 2.24) is 14.9 Å². The molecule has 4 heteroatoms. The Morgan fingerprint density at radius 2 is 2.50 bits per heavy atom. The van der Waals surface area contributed by atoms with E-state index in [1.807, 2.05) is 18.5 Å². The summed E-state index contributed by atoms with van der Waals surface area (Å²) in [4.78, 5) is 5.56. The second-order valence-electron chi connectivity index (χ2n) is 3.30. The second-order valence-corrected chi connectivity index (χ2v) is 4.25. The molecule has 0 aliphatic carbocycles. The second kappa shape index (κ2) is 5.50. The van der Waals surface area contributed by atoms with Gasteiger partial charge >= 0.3 is 0 Å². The van der Waals surface area contributed by atoms with Gasteiger partial charge in [-0.3, -0.25) is 0 Å². The van der Waals surface area contributed by atoms with Gasteiger partial charge in [-0.15, -0.1) is 17.8 Å². The van der Waals surface area contributed by atoms with Crippen molar-refractivity contribution in [2.24, 2.45) is 0 Å². The first-order valence-electron chi connectivity index (χ1n) is 5.11. The fourth-order valence-electron chi connectivity index (χ4n) is 1.48. The zero-order valence-corrected chi connectivity index (χ0v) is 9.70. The molecule has 1 N–H and O–H groups in total. The number of hydrogen-bond donors (Lipinski definition) is 1. The molecule has 0 aliphatic rings. The van der Waals surface area contributed by atoms with Crippen molar-refractivity contribution in [3.63, 3.8) is 0 Å². The first-order chi connectivity index (χ1) is 7.92. The van der Waals surface area contributed by atoms with Crippen LogP contribution in [0.3, 0.4) is 0 Å². The lowest BCUT2D eigenvalue weighted by Crippen LogP contribution is -2.20. The molecular formula is C12H13N3S. The van der Waals surface area contributed by atoms with Crippen LogP contribution in [0.4, 0.5) is 0 Å². The summed E-state index contributed by atoms with van der Waals surface area (Å²) in [5.74, 6) is 3.58. The molecule has 3 nitrogen and oxygen atoms in total. The average Bonchev–Trinajstić information content (AvgIpc) is 2.94. The Kier molecular flexibility index (Phi) is 3.76. The fraction of sp³-hybridized carbons (Fsp3) is 0.250. The minimum atomic E-state index is 0.614. The Morgan fingerprint density at radius 3 is 3.25 bits per heavy atom. The molecule has 0 aliphatic heterocycles. The van der Waals surface area contributed by atoms with Crippen molar-refractivity contribution in [1.29, 1.82) is 0 Å². The van der Waals surface area contributed by atoms with E-state index < -0.39 is 0 Å². The van der Waals surface area contributed by atoms with Gasteiger partial charge in [-0.25, -0.2) is 4.98 Å². The summed E-state index contributed by atoms with van der Waals surface area (Å²) in [6, 6.07) is 4.12. The van der Waals surface area contributed by atoms with Crippen LogP contribution in [-0.2, 0) is 6.54 Å². The highest BCUT2D eigenvalue weighted by Gasteiger charge is 2.05. The van der Waals surface area contributed by atoms with E-state index in [9.17, 15) is 0 Å². The summed E-state index contributed by atoms with van der Waals surface area (Å²) in [6.07, 6.45) is 8.99. The minimum Gasteiger partial charge on any atom is -0.329 e. The molecule has 2 heterocycles. The van der Waals surface area contributed by atoms with E-state index in [0.717, 1.165) is 18.9 Å². The zero-order chi connectivity index (χ0) is 11.2. The SMILES string of the molecule is C#CCNCCn1ccnc1-c1cccs1. The van der Waals surface area contributed by atoms with Gasteiger partial charge in [0.25, 0.3) is 0 Å². The molecule has 0 aromatic carbocycles. The van der Waals surface area contributed by atoms with Crippen LogP contribution >= 0.6 is 11.3 Å². The monoisotopic (exact) mass is 231 g/mol. The lowest BCUT2D eigenvalue weighted by atomic mass is 10.4. The van der Waals surface area contributed by atoms with Crippen LogP contribution in [0.2, 0.25) is 0 Å². The molecular weight excluding hydrogens is 218 g/mol. The maximum absolute atomic E-state index is 5.17. The van der Waals surface area contributed by atoms with Gasteiger partial charge < -0.3 is 9.88 Å². The molecule has 0 fully saturated rings. The molecule has 0 amide bonds. The lowest BCUT2D eigenvalue weighted by molar-refractivity contribution is 0.634. The zero-order valence-electron chi connectivity index (χ0n) is 8.89. The van der Waals surface area contributed by atoms with E-state index in [4.69, 9.17) is 6.42 Å². The van der Waals surface area contributed by atoms with Gasteiger partial charge in [0.2, 0.25) is 0 Å². The molecule has 82 valence electrons. The van der Waals surface area contributed by atoms with Gasteiger partial charge in [0.15, 0.2) is 0 Å². The number of nitrogens with one attached hydrogen (secondary N) is 1. The number of aromatic nitrogens is 2. The maximum atomic E-state index is 5.17. The standard InChI is InChI=1S/C12H13N3S/c1-2-5-13-6-8-15-9-7-14-12(15)11-4-3-10-16-11/h1,3-4,7,9-10,13H,5-6,8H2. The van der Waals surface area contributed by atoms with Crippen LogP contribution in [0.1, 0.15) is 0 Å². The number of imidazole rings is 1. The van der Waals surface area contributed by atoms with E-state index in [-0.39, 0.29) is 0 Å². The van der Waals surface area contributed by atoms with E-state index in [2.05, 4.69) is 32.2 Å². The molecule has 0 saturated heterocycles. The topological polar surface area (TPSA) is 29.9 Å². The molecule has 0 atom stereocenters. The smallest absolute Gasteiger partial charge is 0.150 e. The number of thiophene rings is 1. The largest absolute Gasteiger partial charge is 0.329 e. The van der Waals surface area contributed by atoms with E-state index in [1.54, 1.807) is 11.3 Å². The predicted molar refractivity (Wildman–Crippen MR) is 67.2 cm³/mol. The maximum Gasteiger partial charge on any atom is 0.150 e. The van der Waals surface area contributed by atoms with Crippen LogP contribution < -0.4 is 5.32 Å². The average molecular weight is 231 g/mol. The first kappa shape index (κ1) is 10.9. The summed E-state index contributed by atoms with van der Waals surface area (Å²) in [6.45, 7) is 2.36. The summed E-state index contributed by atoms with van der Waals surface area (Å²) in [5, 5.41) is 5.22. The summed E-state index contributed by atoms with van der Waals surface area (Å²) < 4.78 is 2.13. The van der Waals surface area contributed by atoms with Crippen molar-refractivity contribution in [2.75, 3.05) is 13.1 Å². The Labute approximate surface area is 99.1 Å².